The van der Waals surface area contributed by atoms with E-state index in [1.807, 2.05) is 22.6 Å². The Morgan fingerprint density at radius 1 is 1.73 bits per heavy atom. The van der Waals surface area contributed by atoms with Crippen molar-refractivity contribution in [3.8, 4) is 0 Å². The fourth-order valence-electron chi connectivity index (χ4n) is 0.963. The summed E-state index contributed by atoms with van der Waals surface area (Å²) in [7, 11) is 0. The van der Waals surface area contributed by atoms with Crippen molar-refractivity contribution in [1.29, 1.82) is 0 Å². The Labute approximate surface area is 101 Å². The largest absolute Gasteiger partial charge is 0.352 e. The number of aromatic nitrogens is 1. The molecule has 3 nitrogen and oxygen atoms in total. The van der Waals surface area contributed by atoms with Gasteiger partial charge in [-0.15, -0.1) is 6.58 Å². The summed E-state index contributed by atoms with van der Waals surface area (Å²) in [6.45, 7) is 3.82. The van der Waals surface area contributed by atoms with Crippen molar-refractivity contribution in [2.45, 2.75) is 13.0 Å². The number of halogens is 2. The van der Waals surface area contributed by atoms with Gasteiger partial charge in [0.1, 0.15) is 0 Å². The second-order valence-electron chi connectivity index (χ2n) is 2.87. The van der Waals surface area contributed by atoms with Crippen LogP contribution in [0.2, 0.25) is 0 Å². The molecule has 0 aromatic carbocycles. The molecule has 1 amide bonds. The van der Waals surface area contributed by atoms with Crippen molar-refractivity contribution in [3.63, 3.8) is 0 Å². The smallest absolute Gasteiger partial charge is 0.224 e. The summed E-state index contributed by atoms with van der Waals surface area (Å²) < 4.78 is 13.4. The Hall–Kier alpha value is -0.980. The highest BCUT2D eigenvalue weighted by atomic mass is 127. The molecule has 0 bridgehead atoms. The first-order valence-corrected chi connectivity index (χ1v) is 5.39. The van der Waals surface area contributed by atoms with Gasteiger partial charge in [0.2, 0.25) is 11.9 Å². The molecule has 1 heterocycles. The first-order valence-electron chi connectivity index (χ1n) is 4.31. The molecule has 0 fully saturated rings. The van der Waals surface area contributed by atoms with Crippen LogP contribution in [0.3, 0.4) is 0 Å². The molecule has 15 heavy (non-hydrogen) atoms. The van der Waals surface area contributed by atoms with E-state index in [1.54, 1.807) is 0 Å². The highest BCUT2D eigenvalue weighted by Crippen LogP contribution is 2.11. The minimum absolute atomic E-state index is 0.106. The second-order valence-corrected chi connectivity index (χ2v) is 4.03. The zero-order chi connectivity index (χ0) is 11.3. The van der Waals surface area contributed by atoms with E-state index >= 15 is 0 Å². The summed E-state index contributed by atoms with van der Waals surface area (Å²) in [4.78, 5) is 14.6. The quantitative estimate of drug-likeness (QED) is 0.524. The molecule has 1 aromatic rings. The number of pyridine rings is 1. The van der Waals surface area contributed by atoms with E-state index in [9.17, 15) is 9.18 Å². The lowest BCUT2D eigenvalue weighted by Gasteiger charge is -2.05. The van der Waals surface area contributed by atoms with Gasteiger partial charge < -0.3 is 5.32 Å². The molecule has 0 unspecified atom stereocenters. The van der Waals surface area contributed by atoms with Crippen LogP contribution in [0.4, 0.5) is 4.39 Å². The number of rotatable bonds is 4. The van der Waals surface area contributed by atoms with Gasteiger partial charge in [-0.1, -0.05) is 6.08 Å². The minimum Gasteiger partial charge on any atom is -0.352 e. The molecule has 1 N–H and O–H groups in total. The Bertz CT molecular complexity index is 382. The topological polar surface area (TPSA) is 42.0 Å². The van der Waals surface area contributed by atoms with Crippen LogP contribution >= 0.6 is 22.6 Å². The standard InChI is InChI=1S/C10H10FIN2O/c1-2-3-10(15)14-6-7-5-13-9(11)4-8(7)12/h2,4-5H,1,3,6H2,(H,14,15). The maximum atomic E-state index is 12.7. The van der Waals surface area contributed by atoms with Crippen LogP contribution in [0.15, 0.2) is 24.9 Å². The van der Waals surface area contributed by atoms with E-state index in [2.05, 4.69) is 16.9 Å². The Morgan fingerprint density at radius 2 is 2.47 bits per heavy atom. The number of amides is 1. The van der Waals surface area contributed by atoms with Gasteiger partial charge in [-0.3, -0.25) is 4.79 Å². The Balaban J connectivity index is 2.57. The normalized spacial score (nSPS) is 9.73. The SMILES string of the molecule is C=CCC(=O)NCc1cnc(F)cc1I. The van der Waals surface area contributed by atoms with Crippen molar-refractivity contribution in [2.24, 2.45) is 0 Å². The van der Waals surface area contributed by atoms with Gasteiger partial charge in [-0.2, -0.15) is 4.39 Å². The molecule has 0 spiro atoms. The molecule has 0 saturated carbocycles. The zero-order valence-electron chi connectivity index (χ0n) is 7.96. The Kier molecular flexibility index (Phi) is 4.67. The van der Waals surface area contributed by atoms with Crippen molar-refractivity contribution in [2.75, 3.05) is 0 Å². The van der Waals surface area contributed by atoms with Crippen molar-refractivity contribution < 1.29 is 9.18 Å². The van der Waals surface area contributed by atoms with Crippen LogP contribution in [0.25, 0.3) is 0 Å². The van der Waals surface area contributed by atoms with Gasteiger partial charge in [-0.05, 0) is 22.6 Å². The monoisotopic (exact) mass is 320 g/mol. The molecule has 5 heteroatoms. The second kappa shape index (κ2) is 5.79. The molecule has 1 aromatic heterocycles. The molecular weight excluding hydrogens is 310 g/mol. The third kappa shape index (κ3) is 3.94. The van der Waals surface area contributed by atoms with Crippen LogP contribution in [-0.4, -0.2) is 10.9 Å². The van der Waals surface area contributed by atoms with E-state index in [0.29, 0.717) is 6.54 Å². The lowest BCUT2D eigenvalue weighted by molar-refractivity contribution is -0.120. The maximum absolute atomic E-state index is 12.7. The van der Waals surface area contributed by atoms with Crippen LogP contribution < -0.4 is 5.32 Å². The molecule has 0 radical (unpaired) electrons. The molecule has 1 rings (SSSR count). The lowest BCUT2D eigenvalue weighted by Crippen LogP contribution is -2.22. The predicted octanol–water partition coefficient (Wildman–Crippen LogP) is 2.02. The average molecular weight is 320 g/mol. The van der Waals surface area contributed by atoms with Crippen LogP contribution in [0.5, 0.6) is 0 Å². The van der Waals surface area contributed by atoms with Crippen molar-refractivity contribution in [3.05, 3.63) is 40.0 Å². The van der Waals surface area contributed by atoms with E-state index in [4.69, 9.17) is 0 Å². The number of nitrogens with one attached hydrogen (secondary N) is 1. The first-order chi connectivity index (χ1) is 7.13. The lowest BCUT2D eigenvalue weighted by atomic mass is 10.3. The average Bonchev–Trinajstić information content (AvgIpc) is 2.17. The van der Waals surface area contributed by atoms with Crippen molar-refractivity contribution in [1.82, 2.24) is 10.3 Å². The molecule has 0 aliphatic carbocycles. The van der Waals surface area contributed by atoms with E-state index in [0.717, 1.165) is 9.13 Å². The summed E-state index contributed by atoms with van der Waals surface area (Å²) in [5.41, 5.74) is 0.800. The highest BCUT2D eigenvalue weighted by Gasteiger charge is 2.04. The molecule has 80 valence electrons. The van der Waals surface area contributed by atoms with E-state index in [-0.39, 0.29) is 12.3 Å². The third-order valence-corrected chi connectivity index (χ3v) is 2.71. The molecule has 0 atom stereocenters. The minimum atomic E-state index is -0.513. The summed E-state index contributed by atoms with van der Waals surface area (Å²) in [5.74, 6) is -0.620. The molecule has 0 saturated heterocycles. The van der Waals surface area contributed by atoms with E-state index in [1.165, 1.54) is 18.3 Å². The fraction of sp³-hybridized carbons (Fsp3) is 0.200. The van der Waals surface area contributed by atoms with E-state index < -0.39 is 5.95 Å². The number of nitrogens with zero attached hydrogens (tertiary/aromatic N) is 1. The zero-order valence-corrected chi connectivity index (χ0v) is 10.1. The van der Waals surface area contributed by atoms with Gasteiger partial charge in [0.25, 0.3) is 0 Å². The highest BCUT2D eigenvalue weighted by molar-refractivity contribution is 14.1. The van der Waals surface area contributed by atoms with Crippen molar-refractivity contribution >= 4 is 28.5 Å². The number of carbonyl (C=O) groups excluding carboxylic acids is 1. The summed E-state index contributed by atoms with van der Waals surface area (Å²) in [6, 6.07) is 1.33. The number of carbonyl (C=O) groups is 1. The predicted molar refractivity (Wildman–Crippen MR) is 63.6 cm³/mol. The van der Waals surface area contributed by atoms with Gasteiger partial charge in [-0.25, -0.2) is 4.98 Å². The maximum Gasteiger partial charge on any atom is 0.224 e. The summed E-state index contributed by atoms with van der Waals surface area (Å²) in [5, 5.41) is 2.68. The number of hydrogen-bond acceptors (Lipinski definition) is 2. The van der Waals surface area contributed by atoms with Crippen LogP contribution in [0, 0.1) is 9.52 Å². The number of hydrogen-bond donors (Lipinski definition) is 1. The fourth-order valence-corrected chi connectivity index (χ4v) is 1.55. The molecule has 0 aliphatic rings. The van der Waals surface area contributed by atoms with Gasteiger partial charge in [0.05, 0.1) is 0 Å². The summed E-state index contributed by atoms with van der Waals surface area (Å²) in [6.07, 6.45) is 3.24. The third-order valence-electron chi connectivity index (χ3n) is 1.70. The van der Waals surface area contributed by atoms with Gasteiger partial charge in [0.15, 0.2) is 0 Å². The van der Waals surface area contributed by atoms with Crippen LogP contribution in [-0.2, 0) is 11.3 Å². The molecular formula is C10H10FIN2O. The Morgan fingerprint density at radius 3 is 3.07 bits per heavy atom. The van der Waals surface area contributed by atoms with Gasteiger partial charge in [0, 0.05) is 34.4 Å². The first kappa shape index (κ1) is 12.1. The van der Waals surface area contributed by atoms with Gasteiger partial charge >= 0.3 is 0 Å². The van der Waals surface area contributed by atoms with Crippen LogP contribution in [0.1, 0.15) is 12.0 Å². The molecule has 0 aliphatic heterocycles. The summed E-state index contributed by atoms with van der Waals surface area (Å²) >= 11 is 2.00.